The van der Waals surface area contributed by atoms with E-state index >= 15 is 0 Å². The predicted molar refractivity (Wildman–Crippen MR) is 76.9 cm³/mol. The van der Waals surface area contributed by atoms with Gasteiger partial charge in [0.2, 0.25) is 5.88 Å². The highest BCUT2D eigenvalue weighted by atomic mass is 35.5. The Balaban J connectivity index is 2.33. The van der Waals surface area contributed by atoms with Crippen LogP contribution in [-0.2, 0) is 11.3 Å². The van der Waals surface area contributed by atoms with Crippen LogP contribution in [-0.4, -0.2) is 40.8 Å². The summed E-state index contributed by atoms with van der Waals surface area (Å²) < 4.78 is 11.8. The smallest absolute Gasteiger partial charge is 0.233 e. The Morgan fingerprint density at radius 3 is 2.76 bits per heavy atom. The summed E-state index contributed by atoms with van der Waals surface area (Å²) >= 11 is 6.21. The lowest BCUT2D eigenvalue weighted by Gasteiger charge is -2.17. The van der Waals surface area contributed by atoms with Gasteiger partial charge in [0, 0.05) is 13.2 Å². The first-order chi connectivity index (χ1) is 10.2. The molecule has 0 aliphatic rings. The molecule has 2 aromatic heterocycles. The zero-order valence-corrected chi connectivity index (χ0v) is 12.5. The molecular formula is C12H17ClN6O2. The summed E-state index contributed by atoms with van der Waals surface area (Å²) in [5.41, 5.74) is 4.00. The molecule has 0 saturated carbocycles. The lowest BCUT2D eigenvalue weighted by Crippen LogP contribution is -2.32. The van der Waals surface area contributed by atoms with Crippen LogP contribution in [0.25, 0.3) is 0 Å². The zero-order chi connectivity index (χ0) is 15.2. The number of aromatic nitrogens is 4. The molecule has 0 aliphatic heterocycles. The number of halogens is 1. The highest BCUT2D eigenvalue weighted by Crippen LogP contribution is 2.26. The molecule has 0 saturated heterocycles. The maximum Gasteiger partial charge on any atom is 0.233 e. The van der Waals surface area contributed by atoms with Gasteiger partial charge in [-0.3, -0.25) is 10.5 Å². The van der Waals surface area contributed by atoms with Crippen molar-refractivity contribution < 1.29 is 9.47 Å². The van der Waals surface area contributed by atoms with Gasteiger partial charge in [-0.05, 0) is 6.07 Å². The number of hydrazine groups is 1. The van der Waals surface area contributed by atoms with E-state index < -0.39 is 6.04 Å². The second kappa shape index (κ2) is 7.32. The van der Waals surface area contributed by atoms with Crippen molar-refractivity contribution in [2.24, 2.45) is 5.84 Å². The fourth-order valence-corrected chi connectivity index (χ4v) is 2.16. The van der Waals surface area contributed by atoms with Crippen LogP contribution in [0, 0.1) is 0 Å². The van der Waals surface area contributed by atoms with Crippen LogP contribution >= 0.6 is 11.6 Å². The summed E-state index contributed by atoms with van der Waals surface area (Å²) in [5, 5.41) is 12.7. The Hall–Kier alpha value is -1.74. The van der Waals surface area contributed by atoms with E-state index in [1.807, 2.05) is 0 Å². The fourth-order valence-electron chi connectivity index (χ4n) is 1.91. The standard InChI is InChI=1S/C12H17ClN6O2/c1-20-6-5-19-12(8(13)7-15-19)11(16-14)9-3-4-10(21-2)18-17-9/h3-4,7,11,16H,5-6,14H2,1-2H3. The second-order valence-electron chi connectivity index (χ2n) is 4.19. The number of nitrogens with zero attached hydrogens (tertiary/aromatic N) is 4. The first kappa shape index (κ1) is 15.6. The molecule has 2 aromatic rings. The van der Waals surface area contributed by atoms with E-state index in [0.717, 1.165) is 0 Å². The molecule has 2 rings (SSSR count). The van der Waals surface area contributed by atoms with Gasteiger partial charge in [-0.1, -0.05) is 11.6 Å². The molecule has 114 valence electrons. The van der Waals surface area contributed by atoms with Gasteiger partial charge in [0.15, 0.2) is 0 Å². The van der Waals surface area contributed by atoms with Crippen LogP contribution in [0.4, 0.5) is 0 Å². The number of hydrogen-bond donors (Lipinski definition) is 2. The summed E-state index contributed by atoms with van der Waals surface area (Å²) in [4.78, 5) is 0. The molecule has 0 aliphatic carbocycles. The lowest BCUT2D eigenvalue weighted by molar-refractivity contribution is 0.182. The molecule has 0 aromatic carbocycles. The van der Waals surface area contributed by atoms with E-state index in [2.05, 4.69) is 20.7 Å². The van der Waals surface area contributed by atoms with Crippen LogP contribution in [0.3, 0.4) is 0 Å². The largest absolute Gasteiger partial charge is 0.480 e. The highest BCUT2D eigenvalue weighted by Gasteiger charge is 2.22. The summed E-state index contributed by atoms with van der Waals surface area (Å²) in [7, 11) is 3.15. The average Bonchev–Trinajstić information content (AvgIpc) is 2.88. The number of nitrogens with two attached hydrogens (primary N) is 1. The maximum atomic E-state index is 6.21. The fraction of sp³-hybridized carbons (Fsp3) is 0.417. The van der Waals surface area contributed by atoms with Crippen LogP contribution in [0.5, 0.6) is 5.88 Å². The van der Waals surface area contributed by atoms with Crippen LogP contribution < -0.4 is 16.0 Å². The molecule has 1 atom stereocenters. The summed E-state index contributed by atoms with van der Waals surface area (Å²) in [5.74, 6) is 6.08. The third-order valence-corrected chi connectivity index (χ3v) is 3.24. The summed E-state index contributed by atoms with van der Waals surface area (Å²) in [6.45, 7) is 1.07. The minimum Gasteiger partial charge on any atom is -0.480 e. The molecule has 0 fully saturated rings. The van der Waals surface area contributed by atoms with Crippen molar-refractivity contribution in [1.82, 2.24) is 25.4 Å². The van der Waals surface area contributed by atoms with E-state index in [4.69, 9.17) is 26.9 Å². The van der Waals surface area contributed by atoms with E-state index in [-0.39, 0.29) is 0 Å². The number of rotatable bonds is 7. The van der Waals surface area contributed by atoms with Crippen LogP contribution in [0.2, 0.25) is 5.02 Å². The van der Waals surface area contributed by atoms with E-state index in [9.17, 15) is 0 Å². The van der Waals surface area contributed by atoms with E-state index in [1.165, 1.54) is 7.11 Å². The Bertz CT molecular complexity index is 574. The number of nitrogens with one attached hydrogen (secondary N) is 1. The minimum atomic E-state index is -0.435. The van der Waals surface area contributed by atoms with E-state index in [1.54, 1.807) is 30.1 Å². The summed E-state index contributed by atoms with van der Waals surface area (Å²) in [6.07, 6.45) is 1.56. The lowest BCUT2D eigenvalue weighted by atomic mass is 10.1. The van der Waals surface area contributed by atoms with Crippen LogP contribution in [0.15, 0.2) is 18.3 Å². The van der Waals surface area contributed by atoms with Gasteiger partial charge in [-0.25, -0.2) is 5.43 Å². The Labute approximate surface area is 127 Å². The van der Waals surface area contributed by atoms with Crippen molar-refractivity contribution in [3.8, 4) is 5.88 Å². The minimum absolute atomic E-state index is 0.425. The molecule has 1 unspecified atom stereocenters. The van der Waals surface area contributed by atoms with Gasteiger partial charge >= 0.3 is 0 Å². The van der Waals surface area contributed by atoms with Crippen molar-refractivity contribution in [2.45, 2.75) is 12.6 Å². The Morgan fingerprint density at radius 2 is 2.19 bits per heavy atom. The van der Waals surface area contributed by atoms with Gasteiger partial charge in [0.25, 0.3) is 0 Å². The van der Waals surface area contributed by atoms with E-state index in [0.29, 0.717) is 35.4 Å². The van der Waals surface area contributed by atoms with Crippen molar-refractivity contribution in [3.05, 3.63) is 34.7 Å². The monoisotopic (exact) mass is 312 g/mol. The molecule has 21 heavy (non-hydrogen) atoms. The molecular weight excluding hydrogens is 296 g/mol. The molecule has 9 heteroatoms. The summed E-state index contributed by atoms with van der Waals surface area (Å²) in [6, 6.07) is 3.03. The SMILES string of the molecule is COCCn1ncc(Cl)c1C(NN)c1ccc(OC)nn1. The average molecular weight is 313 g/mol. The highest BCUT2D eigenvalue weighted by molar-refractivity contribution is 6.31. The quantitative estimate of drug-likeness (QED) is 0.568. The first-order valence-electron chi connectivity index (χ1n) is 6.25. The second-order valence-corrected chi connectivity index (χ2v) is 4.60. The number of methoxy groups -OCH3 is 2. The molecule has 0 amide bonds. The van der Waals surface area contributed by atoms with Crippen molar-refractivity contribution in [3.63, 3.8) is 0 Å². The molecule has 2 heterocycles. The Kier molecular flexibility index (Phi) is 5.45. The molecule has 3 N–H and O–H groups in total. The van der Waals surface area contributed by atoms with Crippen molar-refractivity contribution in [2.75, 3.05) is 20.8 Å². The molecule has 0 radical (unpaired) electrons. The van der Waals surface area contributed by atoms with Crippen molar-refractivity contribution >= 4 is 11.6 Å². The molecule has 0 bridgehead atoms. The third kappa shape index (κ3) is 3.48. The third-order valence-electron chi connectivity index (χ3n) is 2.95. The van der Waals surface area contributed by atoms with Crippen molar-refractivity contribution in [1.29, 1.82) is 0 Å². The first-order valence-corrected chi connectivity index (χ1v) is 6.63. The number of ether oxygens (including phenoxy) is 2. The normalized spacial score (nSPS) is 12.4. The van der Waals surface area contributed by atoms with Gasteiger partial charge < -0.3 is 9.47 Å². The maximum absolute atomic E-state index is 6.21. The molecule has 0 spiro atoms. The predicted octanol–water partition coefficient (Wildman–Crippen LogP) is 0.534. The van der Waals surface area contributed by atoms with Crippen LogP contribution in [0.1, 0.15) is 17.4 Å². The molecule has 8 nitrogen and oxygen atoms in total. The zero-order valence-electron chi connectivity index (χ0n) is 11.8. The van der Waals surface area contributed by atoms with Gasteiger partial charge in [0.05, 0.1) is 42.9 Å². The van der Waals surface area contributed by atoms with Gasteiger partial charge in [-0.15, -0.1) is 10.2 Å². The van der Waals surface area contributed by atoms with Gasteiger partial charge in [0.1, 0.15) is 6.04 Å². The van der Waals surface area contributed by atoms with Gasteiger partial charge in [-0.2, -0.15) is 5.10 Å². The number of hydrogen-bond acceptors (Lipinski definition) is 7. The topological polar surface area (TPSA) is 100 Å². The Morgan fingerprint density at radius 1 is 1.38 bits per heavy atom.